The number of aromatic nitrogens is 4. The van der Waals surface area contributed by atoms with E-state index in [1.54, 1.807) is 41.8 Å². The standard InChI is InChI=1S/C15H15N5OS2/c1-11(20-9-5-8-16-20)13(21)17-14-18-19-15(23-14)22-10-12-6-3-2-4-7-12/h2-9,11H,10H2,1H3,(H,17,18,21). The summed E-state index contributed by atoms with van der Waals surface area (Å²) in [5.41, 5.74) is 1.23. The van der Waals surface area contributed by atoms with Crippen molar-refractivity contribution in [3.8, 4) is 0 Å². The van der Waals surface area contributed by atoms with Crippen molar-refractivity contribution in [3.05, 3.63) is 54.4 Å². The molecule has 0 bridgehead atoms. The average molecular weight is 345 g/mol. The van der Waals surface area contributed by atoms with E-state index in [0.717, 1.165) is 10.1 Å². The summed E-state index contributed by atoms with van der Waals surface area (Å²) in [6.45, 7) is 1.79. The minimum atomic E-state index is -0.394. The molecule has 0 aliphatic carbocycles. The molecule has 0 spiro atoms. The number of hydrogen-bond acceptors (Lipinski definition) is 6. The summed E-state index contributed by atoms with van der Waals surface area (Å²) in [6, 6.07) is 11.6. The molecule has 3 aromatic rings. The van der Waals surface area contributed by atoms with Crippen molar-refractivity contribution in [1.29, 1.82) is 0 Å². The highest BCUT2D eigenvalue weighted by atomic mass is 32.2. The minimum Gasteiger partial charge on any atom is -0.299 e. The quantitative estimate of drug-likeness (QED) is 0.548. The molecule has 0 radical (unpaired) electrons. The summed E-state index contributed by atoms with van der Waals surface area (Å²) in [6.07, 6.45) is 3.40. The summed E-state index contributed by atoms with van der Waals surface area (Å²) in [5.74, 6) is 0.664. The number of anilines is 1. The number of carbonyl (C=O) groups is 1. The smallest absolute Gasteiger partial charge is 0.250 e. The number of benzene rings is 1. The molecule has 2 aromatic heterocycles. The largest absolute Gasteiger partial charge is 0.299 e. The molecular weight excluding hydrogens is 330 g/mol. The number of carbonyl (C=O) groups excluding carboxylic acids is 1. The van der Waals surface area contributed by atoms with Crippen LogP contribution < -0.4 is 5.32 Å². The van der Waals surface area contributed by atoms with Crippen LogP contribution in [0.2, 0.25) is 0 Å². The Morgan fingerprint density at radius 2 is 2.13 bits per heavy atom. The molecule has 0 saturated carbocycles. The number of thioether (sulfide) groups is 1. The molecule has 1 aromatic carbocycles. The lowest BCUT2D eigenvalue weighted by Gasteiger charge is -2.10. The van der Waals surface area contributed by atoms with E-state index in [4.69, 9.17) is 0 Å². The van der Waals surface area contributed by atoms with Gasteiger partial charge >= 0.3 is 0 Å². The van der Waals surface area contributed by atoms with Gasteiger partial charge in [-0.3, -0.25) is 14.8 Å². The predicted molar refractivity (Wildman–Crippen MR) is 91.5 cm³/mol. The van der Waals surface area contributed by atoms with Gasteiger partial charge in [-0.05, 0) is 18.6 Å². The van der Waals surface area contributed by atoms with Crippen molar-refractivity contribution < 1.29 is 4.79 Å². The molecule has 0 fully saturated rings. The Kier molecular flexibility index (Phi) is 5.04. The number of hydrogen-bond donors (Lipinski definition) is 1. The minimum absolute atomic E-state index is 0.163. The van der Waals surface area contributed by atoms with Crippen LogP contribution in [0.4, 0.5) is 5.13 Å². The Balaban J connectivity index is 1.56. The maximum atomic E-state index is 12.2. The fourth-order valence-corrected chi connectivity index (χ4v) is 3.59. The van der Waals surface area contributed by atoms with Gasteiger partial charge in [-0.2, -0.15) is 5.10 Å². The van der Waals surface area contributed by atoms with Crippen LogP contribution in [0, 0.1) is 0 Å². The molecule has 1 unspecified atom stereocenters. The highest BCUT2D eigenvalue weighted by Gasteiger charge is 2.17. The number of rotatable bonds is 6. The van der Waals surface area contributed by atoms with E-state index in [0.29, 0.717) is 5.13 Å². The Morgan fingerprint density at radius 3 is 2.87 bits per heavy atom. The Labute approximate surface area is 141 Å². The molecule has 23 heavy (non-hydrogen) atoms. The first kappa shape index (κ1) is 15.7. The van der Waals surface area contributed by atoms with E-state index in [-0.39, 0.29) is 5.91 Å². The van der Waals surface area contributed by atoms with Crippen LogP contribution in [-0.2, 0) is 10.5 Å². The number of amides is 1. The number of nitrogens with one attached hydrogen (secondary N) is 1. The SMILES string of the molecule is CC(C(=O)Nc1nnc(SCc2ccccc2)s1)n1cccn1. The maximum absolute atomic E-state index is 12.2. The monoisotopic (exact) mass is 345 g/mol. The molecule has 0 aliphatic heterocycles. The van der Waals surface area contributed by atoms with E-state index in [2.05, 4.69) is 32.7 Å². The Morgan fingerprint density at radius 1 is 1.30 bits per heavy atom. The molecule has 0 aliphatic rings. The Hall–Kier alpha value is -2.19. The highest BCUT2D eigenvalue weighted by Crippen LogP contribution is 2.28. The van der Waals surface area contributed by atoms with Crippen LogP contribution in [0.5, 0.6) is 0 Å². The fraction of sp³-hybridized carbons (Fsp3) is 0.200. The molecule has 2 heterocycles. The van der Waals surface area contributed by atoms with Crippen LogP contribution in [0.3, 0.4) is 0 Å². The third-order valence-electron chi connectivity index (χ3n) is 3.14. The van der Waals surface area contributed by atoms with Crippen molar-refractivity contribution in [1.82, 2.24) is 20.0 Å². The highest BCUT2D eigenvalue weighted by molar-refractivity contribution is 8.00. The van der Waals surface area contributed by atoms with Gasteiger partial charge in [0.05, 0.1) is 0 Å². The van der Waals surface area contributed by atoms with E-state index in [1.807, 2.05) is 18.2 Å². The van der Waals surface area contributed by atoms with Gasteiger partial charge in [0.25, 0.3) is 5.91 Å². The second kappa shape index (κ2) is 7.38. The van der Waals surface area contributed by atoms with Crippen molar-refractivity contribution in [2.45, 2.75) is 23.1 Å². The van der Waals surface area contributed by atoms with Crippen LogP contribution in [0.25, 0.3) is 0 Å². The van der Waals surface area contributed by atoms with Crippen molar-refractivity contribution in [2.24, 2.45) is 0 Å². The normalized spacial score (nSPS) is 12.0. The lowest BCUT2D eigenvalue weighted by molar-refractivity contribution is -0.119. The van der Waals surface area contributed by atoms with Crippen LogP contribution in [0.15, 0.2) is 53.1 Å². The third-order valence-corrected chi connectivity index (χ3v) is 5.19. The van der Waals surface area contributed by atoms with Gasteiger partial charge in [-0.1, -0.05) is 53.4 Å². The van der Waals surface area contributed by atoms with Crippen LogP contribution in [-0.4, -0.2) is 25.9 Å². The van der Waals surface area contributed by atoms with Gasteiger partial charge < -0.3 is 0 Å². The lowest BCUT2D eigenvalue weighted by atomic mass is 10.2. The number of nitrogens with zero attached hydrogens (tertiary/aromatic N) is 4. The zero-order valence-electron chi connectivity index (χ0n) is 12.4. The molecule has 1 N–H and O–H groups in total. The van der Waals surface area contributed by atoms with Crippen LogP contribution >= 0.6 is 23.1 Å². The molecule has 3 rings (SSSR count). The van der Waals surface area contributed by atoms with E-state index < -0.39 is 6.04 Å². The zero-order chi connectivity index (χ0) is 16.1. The zero-order valence-corrected chi connectivity index (χ0v) is 14.0. The summed E-state index contributed by atoms with van der Waals surface area (Å²) in [7, 11) is 0. The van der Waals surface area contributed by atoms with Gasteiger partial charge in [0.15, 0.2) is 4.34 Å². The summed E-state index contributed by atoms with van der Waals surface area (Å²) >= 11 is 2.98. The summed E-state index contributed by atoms with van der Waals surface area (Å²) in [5, 5.41) is 15.5. The molecule has 6 nitrogen and oxygen atoms in total. The van der Waals surface area contributed by atoms with Gasteiger partial charge in [-0.25, -0.2) is 0 Å². The summed E-state index contributed by atoms with van der Waals surface area (Å²) in [4.78, 5) is 12.2. The summed E-state index contributed by atoms with van der Waals surface area (Å²) < 4.78 is 2.43. The van der Waals surface area contributed by atoms with Crippen molar-refractivity contribution >= 4 is 34.1 Å². The predicted octanol–water partition coefficient (Wildman–Crippen LogP) is 3.23. The van der Waals surface area contributed by atoms with Gasteiger partial charge in [0.1, 0.15) is 6.04 Å². The second-order valence-corrected chi connectivity index (χ2v) is 7.00. The average Bonchev–Trinajstić information content (AvgIpc) is 3.25. The molecule has 1 amide bonds. The van der Waals surface area contributed by atoms with Crippen molar-refractivity contribution in [2.75, 3.05) is 5.32 Å². The van der Waals surface area contributed by atoms with Gasteiger partial charge in [0, 0.05) is 18.1 Å². The topological polar surface area (TPSA) is 72.7 Å². The Bertz CT molecular complexity index is 757. The third kappa shape index (κ3) is 4.17. The maximum Gasteiger partial charge on any atom is 0.250 e. The molecule has 8 heteroatoms. The van der Waals surface area contributed by atoms with Gasteiger partial charge in [0.2, 0.25) is 5.13 Å². The molecule has 118 valence electrons. The first-order chi connectivity index (χ1) is 11.2. The van der Waals surface area contributed by atoms with E-state index in [1.165, 1.54) is 16.9 Å². The fourth-order valence-electron chi connectivity index (χ4n) is 1.88. The van der Waals surface area contributed by atoms with Crippen molar-refractivity contribution in [3.63, 3.8) is 0 Å². The molecule has 1 atom stereocenters. The second-order valence-electron chi connectivity index (χ2n) is 4.80. The first-order valence-electron chi connectivity index (χ1n) is 7.02. The molecular formula is C15H15N5OS2. The molecule has 0 saturated heterocycles. The first-order valence-corrected chi connectivity index (χ1v) is 8.83. The van der Waals surface area contributed by atoms with E-state index >= 15 is 0 Å². The van der Waals surface area contributed by atoms with Gasteiger partial charge in [-0.15, -0.1) is 10.2 Å². The lowest BCUT2D eigenvalue weighted by Crippen LogP contribution is -2.23. The van der Waals surface area contributed by atoms with Crippen LogP contribution in [0.1, 0.15) is 18.5 Å². The van der Waals surface area contributed by atoms with E-state index in [9.17, 15) is 4.79 Å².